The van der Waals surface area contributed by atoms with Crippen LogP contribution in [-0.2, 0) is 15.4 Å². The molecule has 0 atom stereocenters. The summed E-state index contributed by atoms with van der Waals surface area (Å²) in [5.74, 6) is -3.38. The summed E-state index contributed by atoms with van der Waals surface area (Å²) in [5.41, 5.74) is 6.42. The van der Waals surface area contributed by atoms with Gasteiger partial charge in [0.05, 0.1) is 17.2 Å². The number of rotatable bonds is 1. The molecular weight excluding hydrogens is 416 g/mol. The molecule has 0 saturated heterocycles. The van der Waals surface area contributed by atoms with Crippen LogP contribution in [-0.4, -0.2) is 37.6 Å². The Bertz CT molecular complexity index is 880. The van der Waals surface area contributed by atoms with E-state index in [2.05, 4.69) is 9.98 Å². The van der Waals surface area contributed by atoms with Crippen LogP contribution in [0.25, 0.3) is 11.1 Å². The molecule has 2 heterocycles. The standard InChI is InChI=1S/C21H24ClF2N3O3/c22-17-9-16(11-26-12-17)15-5-6-19-18(10-15)21(23,24)13-29-20(25)27-7-3-1-2-4-8-28-14-30-19/h5-6,9-12H,1-4,7-8,13-14H2,(H2,25,27). The molecule has 0 saturated carbocycles. The lowest BCUT2D eigenvalue weighted by Gasteiger charge is -2.21. The summed E-state index contributed by atoms with van der Waals surface area (Å²) in [7, 11) is 0. The fourth-order valence-electron chi connectivity index (χ4n) is 3.00. The average molecular weight is 440 g/mol. The van der Waals surface area contributed by atoms with Crippen molar-refractivity contribution in [3.63, 3.8) is 0 Å². The summed E-state index contributed by atoms with van der Waals surface area (Å²) in [5, 5.41) is 0.406. The van der Waals surface area contributed by atoms with Crippen LogP contribution in [0.3, 0.4) is 0 Å². The highest BCUT2D eigenvalue weighted by Gasteiger charge is 2.37. The van der Waals surface area contributed by atoms with Crippen molar-refractivity contribution in [3.8, 4) is 16.9 Å². The van der Waals surface area contributed by atoms with Crippen LogP contribution >= 0.6 is 11.6 Å². The SMILES string of the molecule is NC1=NCCCCCCOCOc2ccc(-c3cncc(Cl)c3)cc2C(F)(F)CO1. The Balaban J connectivity index is 1.91. The number of benzene rings is 1. The van der Waals surface area contributed by atoms with Gasteiger partial charge in [-0.05, 0) is 36.6 Å². The second kappa shape index (κ2) is 10.5. The van der Waals surface area contributed by atoms with Crippen molar-refractivity contribution in [2.45, 2.75) is 31.6 Å². The molecule has 30 heavy (non-hydrogen) atoms. The van der Waals surface area contributed by atoms with Gasteiger partial charge in [0.15, 0.2) is 13.4 Å². The topological polar surface area (TPSA) is 79.0 Å². The minimum atomic E-state index is -3.38. The first-order valence-corrected chi connectivity index (χ1v) is 10.1. The Kier molecular flexibility index (Phi) is 7.81. The molecule has 162 valence electrons. The number of aliphatic imine (C=N–C) groups is 1. The number of halogens is 3. The van der Waals surface area contributed by atoms with Crippen molar-refractivity contribution < 1.29 is 23.0 Å². The molecule has 0 bridgehead atoms. The monoisotopic (exact) mass is 439 g/mol. The van der Waals surface area contributed by atoms with E-state index in [4.69, 9.17) is 31.5 Å². The summed E-state index contributed by atoms with van der Waals surface area (Å²) in [6.07, 6.45) is 6.59. The van der Waals surface area contributed by atoms with Crippen LogP contribution < -0.4 is 10.5 Å². The van der Waals surface area contributed by atoms with Gasteiger partial charge in [0.1, 0.15) is 5.75 Å². The maximum absolute atomic E-state index is 15.1. The fourth-order valence-corrected chi connectivity index (χ4v) is 3.18. The first-order valence-electron chi connectivity index (χ1n) is 9.72. The predicted molar refractivity (Wildman–Crippen MR) is 111 cm³/mol. The molecule has 0 aliphatic carbocycles. The second-order valence-corrected chi connectivity index (χ2v) is 7.34. The molecule has 0 fully saturated rings. The van der Waals surface area contributed by atoms with Crippen molar-refractivity contribution in [2.24, 2.45) is 10.7 Å². The van der Waals surface area contributed by atoms with Crippen LogP contribution in [0.5, 0.6) is 5.75 Å². The number of ether oxygens (including phenoxy) is 3. The van der Waals surface area contributed by atoms with Crippen molar-refractivity contribution in [2.75, 3.05) is 26.6 Å². The van der Waals surface area contributed by atoms with E-state index in [1.54, 1.807) is 18.3 Å². The highest BCUT2D eigenvalue weighted by atomic mass is 35.5. The maximum atomic E-state index is 15.1. The van der Waals surface area contributed by atoms with E-state index in [-0.39, 0.29) is 24.1 Å². The summed E-state index contributed by atoms with van der Waals surface area (Å²) in [4.78, 5) is 8.01. The van der Waals surface area contributed by atoms with E-state index in [1.807, 2.05) is 0 Å². The van der Waals surface area contributed by atoms with E-state index >= 15 is 8.78 Å². The molecule has 0 amide bonds. The van der Waals surface area contributed by atoms with Gasteiger partial charge in [-0.25, -0.2) is 4.99 Å². The summed E-state index contributed by atoms with van der Waals surface area (Å²) in [6, 6.07) is 5.88. The largest absolute Gasteiger partial charge is 0.467 e. The molecule has 0 unspecified atom stereocenters. The van der Waals surface area contributed by atoms with Crippen molar-refractivity contribution in [1.29, 1.82) is 0 Å². The fraction of sp³-hybridized carbons (Fsp3) is 0.429. The Morgan fingerprint density at radius 2 is 1.83 bits per heavy atom. The summed E-state index contributed by atoms with van der Waals surface area (Å²) >= 11 is 5.99. The normalized spacial score (nSPS) is 18.4. The van der Waals surface area contributed by atoms with Gasteiger partial charge in [-0.15, -0.1) is 0 Å². The molecule has 3 rings (SSSR count). The molecule has 0 spiro atoms. The zero-order chi connectivity index (χ0) is 21.4. The first-order chi connectivity index (χ1) is 14.5. The molecule has 2 aromatic rings. The minimum Gasteiger partial charge on any atom is -0.467 e. The third-order valence-electron chi connectivity index (χ3n) is 4.58. The smallest absolute Gasteiger partial charge is 0.310 e. The molecule has 1 aliphatic heterocycles. The van der Waals surface area contributed by atoms with Crippen molar-refractivity contribution in [1.82, 2.24) is 4.98 Å². The quantitative estimate of drug-likeness (QED) is 0.693. The number of hydrogen-bond acceptors (Lipinski definition) is 6. The van der Waals surface area contributed by atoms with E-state index in [9.17, 15) is 0 Å². The van der Waals surface area contributed by atoms with Gasteiger partial charge in [0, 0.05) is 24.5 Å². The van der Waals surface area contributed by atoms with Gasteiger partial charge in [-0.1, -0.05) is 30.5 Å². The minimum absolute atomic E-state index is 0.00458. The highest BCUT2D eigenvalue weighted by molar-refractivity contribution is 6.30. The molecule has 6 nitrogen and oxygen atoms in total. The zero-order valence-corrected chi connectivity index (χ0v) is 17.2. The Labute approximate surface area is 179 Å². The van der Waals surface area contributed by atoms with Gasteiger partial charge in [0.25, 0.3) is 6.02 Å². The van der Waals surface area contributed by atoms with E-state index < -0.39 is 12.5 Å². The third-order valence-corrected chi connectivity index (χ3v) is 4.78. The lowest BCUT2D eigenvalue weighted by molar-refractivity contribution is -0.0562. The van der Waals surface area contributed by atoms with Gasteiger partial charge < -0.3 is 19.9 Å². The summed E-state index contributed by atoms with van der Waals surface area (Å²) in [6.45, 7) is -0.154. The predicted octanol–water partition coefficient (Wildman–Crippen LogP) is 4.75. The Hall–Kier alpha value is -2.45. The first kappa shape index (κ1) is 22.2. The van der Waals surface area contributed by atoms with Crippen LogP contribution in [0.1, 0.15) is 31.2 Å². The molecule has 1 aromatic heterocycles. The number of aromatic nitrogens is 1. The molecule has 9 heteroatoms. The van der Waals surface area contributed by atoms with Crippen molar-refractivity contribution in [3.05, 3.63) is 47.2 Å². The lowest BCUT2D eigenvalue weighted by Crippen LogP contribution is -2.28. The number of hydrogen-bond donors (Lipinski definition) is 1. The molecule has 1 aliphatic rings. The second-order valence-electron chi connectivity index (χ2n) is 6.90. The molecule has 0 radical (unpaired) electrons. The molecular formula is C21H24ClF2N3O3. The van der Waals surface area contributed by atoms with Crippen LogP contribution in [0.2, 0.25) is 5.02 Å². The average Bonchev–Trinajstić information content (AvgIpc) is 2.73. The third kappa shape index (κ3) is 6.27. The number of alkyl halides is 2. The Morgan fingerprint density at radius 3 is 2.67 bits per heavy atom. The van der Waals surface area contributed by atoms with Gasteiger partial charge in [-0.2, -0.15) is 8.78 Å². The lowest BCUT2D eigenvalue weighted by atomic mass is 10.0. The van der Waals surface area contributed by atoms with Crippen LogP contribution in [0.4, 0.5) is 8.78 Å². The molecule has 1 aromatic carbocycles. The van der Waals surface area contributed by atoms with Crippen LogP contribution in [0, 0.1) is 0 Å². The van der Waals surface area contributed by atoms with Gasteiger partial charge >= 0.3 is 5.92 Å². The highest BCUT2D eigenvalue weighted by Crippen LogP contribution is 2.38. The maximum Gasteiger partial charge on any atom is 0.310 e. The van der Waals surface area contributed by atoms with Gasteiger partial charge in [-0.3, -0.25) is 4.98 Å². The number of amidine groups is 1. The van der Waals surface area contributed by atoms with Crippen LogP contribution in [0.15, 0.2) is 41.7 Å². The number of fused-ring (bicyclic) bond motifs is 1. The van der Waals surface area contributed by atoms with Crippen molar-refractivity contribution >= 4 is 17.6 Å². The number of nitrogens with two attached hydrogens (primary N) is 1. The van der Waals surface area contributed by atoms with E-state index in [0.717, 1.165) is 25.7 Å². The van der Waals surface area contributed by atoms with E-state index in [1.165, 1.54) is 18.3 Å². The molecule has 2 N–H and O–H groups in total. The number of pyridine rings is 1. The Morgan fingerprint density at radius 1 is 1.00 bits per heavy atom. The number of nitrogens with zero attached hydrogens (tertiary/aromatic N) is 2. The van der Waals surface area contributed by atoms with E-state index in [0.29, 0.717) is 29.3 Å². The van der Waals surface area contributed by atoms with Gasteiger partial charge in [0.2, 0.25) is 0 Å². The zero-order valence-electron chi connectivity index (χ0n) is 16.5. The summed E-state index contributed by atoms with van der Waals surface area (Å²) < 4.78 is 46.1.